The molecule has 2 aromatic rings. The third-order valence-corrected chi connectivity index (χ3v) is 10.6. The average Bonchev–Trinajstić information content (AvgIpc) is 2.77. The lowest BCUT2D eigenvalue weighted by molar-refractivity contribution is 2.06. The fourth-order valence-electron chi connectivity index (χ4n) is 0.872. The molecule has 62 valence electrons. The Bertz CT molecular complexity index is 294. The highest BCUT2D eigenvalue weighted by atomic mass is 127. The van der Waals surface area contributed by atoms with E-state index < -0.39 is 0 Å². The van der Waals surface area contributed by atoms with E-state index in [1.807, 2.05) is 22.7 Å². The van der Waals surface area contributed by atoms with E-state index in [1.165, 1.54) is 9.24 Å². The smallest absolute Gasteiger partial charge is 0.0433 e. The van der Waals surface area contributed by atoms with Gasteiger partial charge in [-0.3, -0.25) is 0 Å². The summed E-state index contributed by atoms with van der Waals surface area (Å²) in [4.78, 5) is 0. The van der Waals surface area contributed by atoms with Crippen molar-refractivity contribution in [1.82, 2.24) is 0 Å². The SMILES string of the molecule is IP(c1cccs1)c1cccs1. The van der Waals surface area contributed by atoms with Crippen molar-refractivity contribution < 1.29 is 0 Å². The number of hydrogen-bond donors (Lipinski definition) is 0. The lowest BCUT2D eigenvalue weighted by Crippen LogP contribution is -1.98. The molecular formula is C8H6IPS2. The summed E-state index contributed by atoms with van der Waals surface area (Å²) in [6, 6.07) is 8.70. The van der Waals surface area contributed by atoms with Crippen molar-refractivity contribution in [3.8, 4) is 0 Å². The molecule has 0 bridgehead atoms. The Morgan fingerprint density at radius 1 is 1.00 bits per heavy atom. The first-order valence-electron chi connectivity index (χ1n) is 3.41. The third kappa shape index (κ3) is 1.90. The molecular weight excluding hydrogens is 318 g/mol. The second kappa shape index (κ2) is 4.18. The molecule has 0 atom stereocenters. The highest BCUT2D eigenvalue weighted by molar-refractivity contribution is 14.2. The molecule has 0 saturated heterocycles. The predicted octanol–water partition coefficient (Wildman–Crippen LogP) is 3.59. The lowest BCUT2D eigenvalue weighted by atomic mass is 10.7. The summed E-state index contributed by atoms with van der Waals surface area (Å²) >= 11 is 6.27. The summed E-state index contributed by atoms with van der Waals surface area (Å²) in [5.74, 6) is 0. The number of thiophene rings is 2. The van der Waals surface area contributed by atoms with Gasteiger partial charge in [0.25, 0.3) is 0 Å². The summed E-state index contributed by atoms with van der Waals surface area (Å²) < 4.78 is 3.01. The first-order valence-corrected chi connectivity index (χ1v) is 9.29. The minimum absolute atomic E-state index is 0.0897. The zero-order chi connectivity index (χ0) is 8.39. The molecule has 2 rings (SSSR count). The number of hydrogen-bond acceptors (Lipinski definition) is 2. The lowest BCUT2D eigenvalue weighted by Gasteiger charge is -2.02. The Morgan fingerprint density at radius 2 is 1.50 bits per heavy atom. The van der Waals surface area contributed by atoms with Crippen LogP contribution >= 0.6 is 50.3 Å². The van der Waals surface area contributed by atoms with Crippen molar-refractivity contribution in [3.05, 3.63) is 35.0 Å². The molecule has 0 spiro atoms. The van der Waals surface area contributed by atoms with Crippen molar-refractivity contribution in [1.29, 1.82) is 0 Å². The summed E-state index contributed by atoms with van der Waals surface area (Å²) in [5, 5.41) is 4.30. The molecule has 0 unspecified atom stereocenters. The number of rotatable bonds is 2. The van der Waals surface area contributed by atoms with E-state index in [1.54, 1.807) is 0 Å². The molecule has 0 aliphatic carbocycles. The minimum atomic E-state index is -0.0897. The Balaban J connectivity index is 2.27. The Morgan fingerprint density at radius 3 is 1.83 bits per heavy atom. The summed E-state index contributed by atoms with van der Waals surface area (Å²) in [6.45, 7) is 0. The van der Waals surface area contributed by atoms with Gasteiger partial charge in [-0.2, -0.15) is 0 Å². The molecule has 2 aromatic heterocycles. The topological polar surface area (TPSA) is 0 Å². The molecule has 0 nitrogen and oxygen atoms in total. The zero-order valence-corrected chi connectivity index (χ0v) is 10.8. The summed E-state index contributed by atoms with van der Waals surface area (Å²) in [6.07, 6.45) is 0. The van der Waals surface area contributed by atoms with Crippen LogP contribution in [0.15, 0.2) is 35.0 Å². The maximum Gasteiger partial charge on any atom is 0.0433 e. The molecule has 0 aliphatic heterocycles. The first-order chi connectivity index (χ1) is 5.88. The van der Waals surface area contributed by atoms with Gasteiger partial charge >= 0.3 is 0 Å². The van der Waals surface area contributed by atoms with Gasteiger partial charge in [0.05, 0.1) is 0 Å². The van der Waals surface area contributed by atoms with Crippen LogP contribution in [0.2, 0.25) is 0 Å². The molecule has 0 aromatic carbocycles. The molecule has 2 heterocycles. The van der Waals surface area contributed by atoms with Crippen LogP contribution in [0.3, 0.4) is 0 Å². The highest BCUT2D eigenvalue weighted by Crippen LogP contribution is 2.45. The maximum absolute atomic E-state index is 2.55. The van der Waals surface area contributed by atoms with E-state index in [0.29, 0.717) is 0 Å². The van der Waals surface area contributed by atoms with E-state index in [9.17, 15) is 0 Å². The molecule has 12 heavy (non-hydrogen) atoms. The van der Waals surface area contributed by atoms with Gasteiger partial charge < -0.3 is 0 Å². The summed E-state index contributed by atoms with van der Waals surface area (Å²) in [5.41, 5.74) is -0.0897. The molecule has 0 N–H and O–H groups in total. The van der Waals surface area contributed by atoms with Gasteiger partial charge in [0.1, 0.15) is 0 Å². The molecule has 0 radical (unpaired) electrons. The van der Waals surface area contributed by atoms with Crippen LogP contribution in [-0.2, 0) is 0 Å². The second-order valence-electron chi connectivity index (χ2n) is 2.18. The van der Waals surface area contributed by atoms with Crippen LogP contribution in [-0.4, -0.2) is 0 Å². The zero-order valence-electron chi connectivity index (χ0n) is 6.11. The minimum Gasteiger partial charge on any atom is -0.143 e. The van der Waals surface area contributed by atoms with E-state index in [0.717, 1.165) is 0 Å². The Labute approximate surface area is 93.9 Å². The second-order valence-corrected chi connectivity index (χ2v) is 9.10. The van der Waals surface area contributed by atoms with Gasteiger partial charge in [-0.25, -0.2) is 0 Å². The van der Waals surface area contributed by atoms with Gasteiger partial charge in [-0.15, -0.1) is 22.7 Å². The van der Waals surface area contributed by atoms with Crippen molar-refractivity contribution in [2.45, 2.75) is 0 Å². The first kappa shape index (κ1) is 9.13. The predicted molar refractivity (Wildman–Crippen MR) is 68.8 cm³/mol. The van der Waals surface area contributed by atoms with Crippen LogP contribution in [0, 0.1) is 0 Å². The normalized spacial score (nSPS) is 10.8. The molecule has 0 saturated carbocycles. The van der Waals surface area contributed by atoms with Gasteiger partial charge in [-0.1, -0.05) is 12.1 Å². The van der Waals surface area contributed by atoms with E-state index >= 15 is 0 Å². The average molecular weight is 324 g/mol. The van der Waals surface area contributed by atoms with Crippen LogP contribution in [0.1, 0.15) is 0 Å². The molecule has 4 heteroatoms. The van der Waals surface area contributed by atoms with E-state index in [-0.39, 0.29) is 5.56 Å². The van der Waals surface area contributed by atoms with Crippen molar-refractivity contribution in [3.63, 3.8) is 0 Å². The van der Waals surface area contributed by atoms with Crippen molar-refractivity contribution >= 4 is 59.5 Å². The third-order valence-electron chi connectivity index (χ3n) is 1.40. The van der Waals surface area contributed by atoms with Crippen LogP contribution in [0.25, 0.3) is 0 Å². The fourth-order valence-corrected chi connectivity index (χ4v) is 7.31. The molecule has 0 aliphatic rings. The number of halogens is 1. The van der Waals surface area contributed by atoms with Crippen LogP contribution in [0.4, 0.5) is 0 Å². The van der Waals surface area contributed by atoms with Gasteiger partial charge in [0, 0.05) is 14.8 Å². The Kier molecular flexibility index (Phi) is 3.18. The van der Waals surface area contributed by atoms with Gasteiger partial charge in [-0.05, 0) is 44.9 Å². The monoisotopic (exact) mass is 324 g/mol. The van der Waals surface area contributed by atoms with Crippen molar-refractivity contribution in [2.75, 3.05) is 0 Å². The van der Waals surface area contributed by atoms with E-state index in [4.69, 9.17) is 0 Å². The standard InChI is InChI=1S/C8H6IPS2/c9-10(7-3-1-5-11-7)8-4-2-6-12-8/h1-6H. The molecule has 0 fully saturated rings. The quantitative estimate of drug-likeness (QED) is 0.585. The molecule has 0 amide bonds. The van der Waals surface area contributed by atoms with Crippen LogP contribution in [0.5, 0.6) is 0 Å². The fraction of sp³-hybridized carbons (Fsp3) is 0. The summed E-state index contributed by atoms with van der Waals surface area (Å²) in [7, 11) is 0. The van der Waals surface area contributed by atoms with Gasteiger partial charge in [0.15, 0.2) is 0 Å². The van der Waals surface area contributed by atoms with E-state index in [2.05, 4.69) is 57.1 Å². The Hall–Kier alpha value is 0.560. The van der Waals surface area contributed by atoms with Crippen molar-refractivity contribution in [2.24, 2.45) is 0 Å². The maximum atomic E-state index is 2.55. The largest absolute Gasteiger partial charge is 0.143 e. The van der Waals surface area contributed by atoms with Crippen LogP contribution < -0.4 is 9.24 Å². The van der Waals surface area contributed by atoms with Gasteiger partial charge in [0.2, 0.25) is 0 Å². The highest BCUT2D eigenvalue weighted by Gasteiger charge is 2.10.